The molecule has 0 fully saturated rings. The van der Waals surface area contributed by atoms with Crippen LogP contribution in [0, 0.1) is 11.8 Å². The van der Waals surface area contributed by atoms with Gasteiger partial charge in [0, 0.05) is 5.92 Å². The van der Waals surface area contributed by atoms with Crippen LogP contribution in [0.5, 0.6) is 46.0 Å². The van der Waals surface area contributed by atoms with E-state index in [2.05, 4.69) is 0 Å². The number of benzene rings is 4. The van der Waals surface area contributed by atoms with Gasteiger partial charge in [0.15, 0.2) is 23.0 Å². The number of aromatic hydroxyl groups is 2. The van der Waals surface area contributed by atoms with Crippen molar-refractivity contribution in [2.24, 2.45) is 11.8 Å². The second-order valence-electron chi connectivity index (χ2n) is 12.0. The molecule has 12 heteroatoms. The van der Waals surface area contributed by atoms with E-state index < -0.39 is 11.9 Å². The number of hydrogen-bond donors (Lipinski definition) is 2. The molecule has 0 bridgehead atoms. The minimum Gasteiger partial charge on any atom is -0.508 e. The summed E-state index contributed by atoms with van der Waals surface area (Å²) in [6.45, 7) is 0.135. The number of carbonyl (C=O) groups is 2. The van der Waals surface area contributed by atoms with Gasteiger partial charge in [0.2, 0.25) is 11.5 Å². The fraction of sp³-hybridized carbons (Fsp3) is 0.350. The smallest absolute Gasteiger partial charge is 0.338 e. The van der Waals surface area contributed by atoms with Crippen LogP contribution in [-0.2, 0) is 22.3 Å². The molecular formula is C40H46O12. The Morgan fingerprint density at radius 1 is 0.558 bits per heavy atom. The summed E-state index contributed by atoms with van der Waals surface area (Å²) in [5, 5.41) is 20.5. The lowest BCUT2D eigenvalue weighted by atomic mass is 9.80. The largest absolute Gasteiger partial charge is 0.508 e. The van der Waals surface area contributed by atoms with E-state index in [1.54, 1.807) is 36.4 Å². The van der Waals surface area contributed by atoms with Crippen LogP contribution in [-0.4, -0.2) is 78.0 Å². The highest BCUT2D eigenvalue weighted by molar-refractivity contribution is 5.91. The Balaban J connectivity index is 1.57. The number of ether oxygens (including phenoxy) is 8. The molecule has 0 amide bonds. The number of phenols is 2. The lowest BCUT2D eigenvalue weighted by Gasteiger charge is -2.28. The number of esters is 2. The van der Waals surface area contributed by atoms with Crippen molar-refractivity contribution in [2.75, 3.05) is 55.9 Å². The molecule has 0 aromatic heterocycles. The molecule has 0 radical (unpaired) electrons. The van der Waals surface area contributed by atoms with Gasteiger partial charge in [0.25, 0.3) is 0 Å². The van der Waals surface area contributed by atoms with E-state index in [1.807, 2.05) is 12.1 Å². The van der Waals surface area contributed by atoms with Crippen molar-refractivity contribution in [3.8, 4) is 46.0 Å². The van der Waals surface area contributed by atoms with E-state index >= 15 is 0 Å². The topological polar surface area (TPSA) is 148 Å². The quantitative estimate of drug-likeness (QED) is 0.0789. The molecule has 12 nitrogen and oxygen atoms in total. The normalized spacial score (nSPS) is 11.9. The Hall–Kier alpha value is -5.78. The van der Waals surface area contributed by atoms with Crippen molar-refractivity contribution >= 4 is 11.9 Å². The zero-order valence-electron chi connectivity index (χ0n) is 30.3. The summed E-state index contributed by atoms with van der Waals surface area (Å²) in [7, 11) is 8.82. The molecule has 4 rings (SSSR count). The molecule has 4 aromatic rings. The molecule has 0 unspecified atom stereocenters. The van der Waals surface area contributed by atoms with Crippen molar-refractivity contribution in [1.82, 2.24) is 0 Å². The van der Waals surface area contributed by atoms with E-state index in [0.717, 1.165) is 11.1 Å². The number of methoxy groups -OCH3 is 6. The van der Waals surface area contributed by atoms with E-state index in [-0.39, 0.29) is 47.7 Å². The molecule has 0 spiro atoms. The lowest BCUT2D eigenvalue weighted by Crippen LogP contribution is -2.26. The zero-order valence-corrected chi connectivity index (χ0v) is 30.3. The van der Waals surface area contributed by atoms with Gasteiger partial charge in [-0.1, -0.05) is 24.3 Å². The highest BCUT2D eigenvalue weighted by Gasteiger charge is 2.26. The van der Waals surface area contributed by atoms with Gasteiger partial charge < -0.3 is 48.1 Å². The second-order valence-corrected chi connectivity index (χ2v) is 12.0. The fourth-order valence-electron chi connectivity index (χ4n) is 6.10. The predicted octanol–water partition coefficient (Wildman–Crippen LogP) is 6.66. The third-order valence-corrected chi connectivity index (χ3v) is 8.67. The van der Waals surface area contributed by atoms with Gasteiger partial charge in [-0.15, -0.1) is 0 Å². The molecule has 4 aromatic carbocycles. The van der Waals surface area contributed by atoms with E-state index in [4.69, 9.17) is 37.9 Å². The second kappa shape index (κ2) is 19.0. The first kappa shape index (κ1) is 39.0. The summed E-state index contributed by atoms with van der Waals surface area (Å²) in [6.07, 6.45) is 2.05. The molecule has 0 aliphatic carbocycles. The van der Waals surface area contributed by atoms with Gasteiger partial charge >= 0.3 is 11.9 Å². The highest BCUT2D eigenvalue weighted by atomic mass is 16.5. The van der Waals surface area contributed by atoms with Crippen LogP contribution in [0.1, 0.15) is 44.7 Å². The monoisotopic (exact) mass is 718 g/mol. The molecule has 52 heavy (non-hydrogen) atoms. The molecular weight excluding hydrogens is 672 g/mol. The van der Waals surface area contributed by atoms with E-state index in [1.165, 1.54) is 66.9 Å². The molecule has 0 aliphatic rings. The standard InChI is InChI=1S/C40H46O12/c1-45-33-20-28(21-34(46-2)37(33)49-5)39(43)51-15-9-12-27(16-25-10-7-13-31(41)18-25)30(17-26-11-8-14-32(42)19-26)24-52-40(44)29-22-35(47-3)38(50-6)36(23-29)48-4/h7-8,10-11,13-14,18-23,27,30,41-42H,9,12,15-17,24H2,1-6H3/t27-,30+/m1/s1. The summed E-state index contributed by atoms with van der Waals surface area (Å²) in [5.74, 6) is 0.739. The van der Waals surface area contributed by atoms with Crippen LogP contribution < -0.4 is 28.4 Å². The number of carbonyl (C=O) groups excluding carboxylic acids is 2. The van der Waals surface area contributed by atoms with Gasteiger partial charge in [0.05, 0.1) is 67.0 Å². The Labute approximate surface area is 303 Å². The summed E-state index contributed by atoms with van der Waals surface area (Å²) in [6, 6.07) is 20.0. The Bertz CT molecular complexity index is 1750. The SMILES string of the molecule is COc1cc(C(=O)OCCC[C@H](Cc2cccc(O)c2)[C@H](COC(=O)c2cc(OC)c(OC)c(OC)c2)Cc2cccc(O)c2)cc(OC)c1OC. The van der Waals surface area contributed by atoms with Crippen molar-refractivity contribution in [3.63, 3.8) is 0 Å². The number of rotatable bonds is 19. The summed E-state index contributed by atoms with van der Waals surface area (Å²) < 4.78 is 44.0. The van der Waals surface area contributed by atoms with Crippen molar-refractivity contribution in [2.45, 2.75) is 25.7 Å². The Morgan fingerprint density at radius 2 is 0.981 bits per heavy atom. The first-order valence-electron chi connectivity index (χ1n) is 16.6. The van der Waals surface area contributed by atoms with Crippen molar-refractivity contribution in [3.05, 3.63) is 95.1 Å². The van der Waals surface area contributed by atoms with Crippen LogP contribution in [0.4, 0.5) is 0 Å². The van der Waals surface area contributed by atoms with E-state index in [9.17, 15) is 19.8 Å². The van der Waals surface area contributed by atoms with Crippen LogP contribution in [0.15, 0.2) is 72.8 Å². The average Bonchev–Trinajstić information content (AvgIpc) is 3.16. The molecule has 2 atom stereocenters. The van der Waals surface area contributed by atoms with Crippen molar-refractivity contribution < 1.29 is 57.7 Å². The number of phenolic OH excluding ortho intramolecular Hbond substituents is 2. The van der Waals surface area contributed by atoms with Crippen LogP contribution >= 0.6 is 0 Å². The highest BCUT2D eigenvalue weighted by Crippen LogP contribution is 2.40. The molecule has 278 valence electrons. The maximum Gasteiger partial charge on any atom is 0.338 e. The maximum atomic E-state index is 13.5. The van der Waals surface area contributed by atoms with Gasteiger partial charge in [-0.05, 0) is 91.3 Å². The van der Waals surface area contributed by atoms with Gasteiger partial charge in [-0.25, -0.2) is 9.59 Å². The molecule has 0 heterocycles. The lowest BCUT2D eigenvalue weighted by molar-refractivity contribution is 0.0361. The van der Waals surface area contributed by atoms with Crippen LogP contribution in [0.2, 0.25) is 0 Å². The molecule has 2 N–H and O–H groups in total. The van der Waals surface area contributed by atoms with Crippen LogP contribution in [0.25, 0.3) is 0 Å². The molecule has 0 saturated heterocycles. The first-order valence-corrected chi connectivity index (χ1v) is 16.6. The molecule has 0 saturated carbocycles. The van der Waals surface area contributed by atoms with Crippen LogP contribution in [0.3, 0.4) is 0 Å². The van der Waals surface area contributed by atoms with Crippen molar-refractivity contribution in [1.29, 1.82) is 0 Å². The Kier molecular flexibility index (Phi) is 14.3. The number of hydrogen-bond acceptors (Lipinski definition) is 12. The minimum atomic E-state index is -0.587. The van der Waals surface area contributed by atoms with E-state index in [0.29, 0.717) is 60.2 Å². The fourth-order valence-corrected chi connectivity index (χ4v) is 6.10. The van der Waals surface area contributed by atoms with Gasteiger partial charge in [-0.3, -0.25) is 0 Å². The third-order valence-electron chi connectivity index (χ3n) is 8.67. The zero-order chi connectivity index (χ0) is 37.6. The summed E-state index contributed by atoms with van der Waals surface area (Å²) >= 11 is 0. The first-order chi connectivity index (χ1) is 25.1. The average molecular weight is 719 g/mol. The molecule has 0 aliphatic heterocycles. The van der Waals surface area contributed by atoms with Gasteiger partial charge in [0.1, 0.15) is 11.5 Å². The minimum absolute atomic E-state index is 0.0276. The summed E-state index contributed by atoms with van der Waals surface area (Å²) in [5.41, 5.74) is 2.19. The predicted molar refractivity (Wildman–Crippen MR) is 193 cm³/mol. The van der Waals surface area contributed by atoms with Gasteiger partial charge in [-0.2, -0.15) is 0 Å². The maximum absolute atomic E-state index is 13.5. The summed E-state index contributed by atoms with van der Waals surface area (Å²) in [4.78, 5) is 26.6. The third kappa shape index (κ3) is 10.1. The Morgan fingerprint density at radius 3 is 1.38 bits per heavy atom.